The van der Waals surface area contributed by atoms with Gasteiger partial charge < -0.3 is 10.6 Å². The zero-order valence-electron chi connectivity index (χ0n) is 12.9. The van der Waals surface area contributed by atoms with Gasteiger partial charge in [0, 0.05) is 11.0 Å². The molecule has 0 fully saturated rings. The Morgan fingerprint density at radius 1 is 1.27 bits per heavy atom. The minimum absolute atomic E-state index is 0.0126. The third-order valence-electron chi connectivity index (χ3n) is 3.48. The molecule has 22 heavy (non-hydrogen) atoms. The van der Waals surface area contributed by atoms with E-state index in [4.69, 9.17) is 0 Å². The van der Waals surface area contributed by atoms with Gasteiger partial charge in [-0.25, -0.2) is 4.39 Å². The molecule has 6 heteroatoms. The van der Waals surface area contributed by atoms with Gasteiger partial charge in [0.1, 0.15) is 5.82 Å². The van der Waals surface area contributed by atoms with E-state index in [2.05, 4.69) is 40.4 Å². The number of halogens is 2. The fraction of sp³-hybridized carbons (Fsp3) is 0.500. The fourth-order valence-corrected chi connectivity index (χ4v) is 2.36. The summed E-state index contributed by atoms with van der Waals surface area (Å²) in [4.78, 5) is 23.5. The summed E-state index contributed by atoms with van der Waals surface area (Å²) in [5.41, 5.74) is -0.0126. The summed E-state index contributed by atoms with van der Waals surface area (Å²) < 4.78 is 14.2. The first-order chi connectivity index (χ1) is 10.5. The van der Waals surface area contributed by atoms with Gasteiger partial charge in [-0.05, 0) is 30.5 Å². The molecule has 2 amide bonds. The maximum Gasteiger partial charge on any atom is 0.313 e. The molecule has 1 rings (SSSR count). The Balaban J connectivity index is 2.49. The largest absolute Gasteiger partial charge is 0.348 e. The zero-order chi connectivity index (χ0) is 16.5. The number of rotatable bonds is 7. The van der Waals surface area contributed by atoms with Crippen molar-refractivity contribution < 1.29 is 14.0 Å². The van der Waals surface area contributed by atoms with Crippen LogP contribution in [-0.2, 0) is 9.59 Å². The second-order valence-corrected chi connectivity index (χ2v) is 6.12. The highest BCUT2D eigenvalue weighted by molar-refractivity contribution is 9.10. The lowest BCUT2D eigenvalue weighted by Gasteiger charge is -2.15. The molecule has 0 saturated heterocycles. The van der Waals surface area contributed by atoms with Crippen LogP contribution in [-0.4, -0.2) is 18.4 Å². The molecule has 0 bridgehead atoms. The van der Waals surface area contributed by atoms with E-state index in [1.54, 1.807) is 6.07 Å². The molecule has 0 aliphatic heterocycles. The zero-order valence-corrected chi connectivity index (χ0v) is 14.5. The number of carbonyl (C=O) groups excluding carboxylic acids is 2. The maximum atomic E-state index is 13.6. The van der Waals surface area contributed by atoms with Gasteiger partial charge in [-0.3, -0.25) is 9.59 Å². The summed E-state index contributed by atoms with van der Waals surface area (Å²) in [6.45, 7) is 4.64. The van der Waals surface area contributed by atoms with Crippen LogP contribution in [0, 0.1) is 11.7 Å². The van der Waals surface area contributed by atoms with Gasteiger partial charge in [0.05, 0.1) is 5.69 Å². The molecule has 1 atom stereocenters. The van der Waals surface area contributed by atoms with E-state index >= 15 is 0 Å². The standard InChI is InChI=1S/C16H22BrFN2O2/c1-3-5-6-11(4-2)10-19-15(21)16(22)20-14-8-7-12(17)9-13(14)18/h7-9,11H,3-6,10H2,1-2H3,(H,19,21)(H,20,22)/t11-/m0/s1. The van der Waals surface area contributed by atoms with Crippen LogP contribution < -0.4 is 10.6 Å². The first-order valence-corrected chi connectivity index (χ1v) is 8.31. The van der Waals surface area contributed by atoms with Crippen LogP contribution in [0.2, 0.25) is 0 Å². The SMILES string of the molecule is CCCC[C@H](CC)CNC(=O)C(=O)Nc1ccc(Br)cc1F. The molecule has 2 N–H and O–H groups in total. The molecule has 0 heterocycles. The van der Waals surface area contributed by atoms with E-state index in [0.717, 1.165) is 25.7 Å². The highest BCUT2D eigenvalue weighted by Gasteiger charge is 2.17. The van der Waals surface area contributed by atoms with Gasteiger partial charge in [-0.2, -0.15) is 0 Å². The number of hydrogen-bond acceptors (Lipinski definition) is 2. The van der Waals surface area contributed by atoms with E-state index in [1.807, 2.05) is 0 Å². The van der Waals surface area contributed by atoms with Crippen molar-refractivity contribution in [2.75, 3.05) is 11.9 Å². The molecule has 0 radical (unpaired) electrons. The van der Waals surface area contributed by atoms with Crippen molar-refractivity contribution in [1.82, 2.24) is 5.32 Å². The first-order valence-electron chi connectivity index (χ1n) is 7.52. The third kappa shape index (κ3) is 6.13. The summed E-state index contributed by atoms with van der Waals surface area (Å²) in [6, 6.07) is 4.22. The number of unbranched alkanes of at least 4 members (excludes halogenated alkanes) is 1. The molecule has 4 nitrogen and oxygen atoms in total. The van der Waals surface area contributed by atoms with E-state index in [9.17, 15) is 14.0 Å². The van der Waals surface area contributed by atoms with Gasteiger partial charge in [0.25, 0.3) is 0 Å². The summed E-state index contributed by atoms with van der Waals surface area (Å²) in [7, 11) is 0. The Hall–Kier alpha value is -1.43. The lowest BCUT2D eigenvalue weighted by Crippen LogP contribution is -2.38. The van der Waals surface area contributed by atoms with Crippen LogP contribution >= 0.6 is 15.9 Å². The van der Waals surface area contributed by atoms with E-state index in [-0.39, 0.29) is 5.69 Å². The molecule has 0 aliphatic rings. The van der Waals surface area contributed by atoms with Gasteiger partial charge >= 0.3 is 11.8 Å². The average molecular weight is 373 g/mol. The van der Waals surface area contributed by atoms with Gasteiger partial charge in [0.2, 0.25) is 0 Å². The molecule has 1 aromatic rings. The van der Waals surface area contributed by atoms with Gasteiger partial charge in [-0.1, -0.05) is 49.0 Å². The second-order valence-electron chi connectivity index (χ2n) is 5.20. The number of benzene rings is 1. The molecule has 0 aliphatic carbocycles. The van der Waals surface area contributed by atoms with Gasteiger partial charge in [-0.15, -0.1) is 0 Å². The Morgan fingerprint density at radius 3 is 2.59 bits per heavy atom. The van der Waals surface area contributed by atoms with E-state index < -0.39 is 17.6 Å². The summed E-state index contributed by atoms with van der Waals surface area (Å²) >= 11 is 3.13. The first kappa shape index (κ1) is 18.6. The third-order valence-corrected chi connectivity index (χ3v) is 3.97. The predicted octanol–water partition coefficient (Wildman–Crippen LogP) is 3.86. The minimum atomic E-state index is -0.855. The van der Waals surface area contributed by atoms with E-state index in [1.165, 1.54) is 12.1 Å². The number of anilines is 1. The highest BCUT2D eigenvalue weighted by atomic mass is 79.9. The van der Waals surface area contributed by atoms with Gasteiger partial charge in [0.15, 0.2) is 0 Å². The molecule has 0 unspecified atom stereocenters. The van der Waals surface area contributed by atoms with Crippen LogP contribution in [0.4, 0.5) is 10.1 Å². The van der Waals surface area contributed by atoms with Crippen LogP contribution in [0.15, 0.2) is 22.7 Å². The predicted molar refractivity (Wildman–Crippen MR) is 89.0 cm³/mol. The number of amides is 2. The second kappa shape index (κ2) is 9.56. The highest BCUT2D eigenvalue weighted by Crippen LogP contribution is 2.19. The van der Waals surface area contributed by atoms with E-state index in [0.29, 0.717) is 16.9 Å². The molecule has 122 valence electrons. The number of carbonyl (C=O) groups is 2. The molecule has 0 saturated carbocycles. The van der Waals surface area contributed by atoms with Crippen molar-refractivity contribution in [2.45, 2.75) is 39.5 Å². The van der Waals surface area contributed by atoms with Crippen LogP contribution in [0.3, 0.4) is 0 Å². The normalized spacial score (nSPS) is 11.8. The van der Waals surface area contributed by atoms with Crippen molar-refractivity contribution >= 4 is 33.4 Å². The van der Waals surface area contributed by atoms with Crippen LogP contribution in [0.1, 0.15) is 39.5 Å². The quantitative estimate of drug-likeness (QED) is 0.713. The van der Waals surface area contributed by atoms with Crippen molar-refractivity contribution in [1.29, 1.82) is 0 Å². The molecule has 1 aromatic carbocycles. The Bertz CT molecular complexity index is 523. The smallest absolute Gasteiger partial charge is 0.313 e. The summed E-state index contributed by atoms with van der Waals surface area (Å²) in [5, 5.41) is 4.89. The summed E-state index contributed by atoms with van der Waals surface area (Å²) in [5.74, 6) is -1.82. The average Bonchev–Trinajstić information content (AvgIpc) is 2.49. The minimum Gasteiger partial charge on any atom is -0.348 e. The molecule has 0 aromatic heterocycles. The number of nitrogens with one attached hydrogen (secondary N) is 2. The lowest BCUT2D eigenvalue weighted by molar-refractivity contribution is -0.136. The van der Waals surface area contributed by atoms with Crippen molar-refractivity contribution in [3.8, 4) is 0 Å². The van der Waals surface area contributed by atoms with Crippen LogP contribution in [0.25, 0.3) is 0 Å². The van der Waals surface area contributed by atoms with Crippen molar-refractivity contribution in [3.05, 3.63) is 28.5 Å². The van der Waals surface area contributed by atoms with Crippen molar-refractivity contribution in [3.63, 3.8) is 0 Å². The fourth-order valence-electron chi connectivity index (χ4n) is 2.03. The number of hydrogen-bond donors (Lipinski definition) is 2. The Kier molecular flexibility index (Phi) is 8.09. The Morgan fingerprint density at radius 2 is 2.00 bits per heavy atom. The maximum absolute atomic E-state index is 13.6. The topological polar surface area (TPSA) is 58.2 Å². The lowest BCUT2D eigenvalue weighted by atomic mass is 9.99. The van der Waals surface area contributed by atoms with Crippen LogP contribution in [0.5, 0.6) is 0 Å². The molecular formula is C16H22BrFN2O2. The summed E-state index contributed by atoms with van der Waals surface area (Å²) in [6.07, 6.45) is 4.18. The molecule has 0 spiro atoms. The van der Waals surface area contributed by atoms with Crippen molar-refractivity contribution in [2.24, 2.45) is 5.92 Å². The monoisotopic (exact) mass is 372 g/mol. The molecular weight excluding hydrogens is 351 g/mol. The Labute approximate surface area is 139 Å².